The highest BCUT2D eigenvalue weighted by molar-refractivity contribution is 9.10. The lowest BCUT2D eigenvalue weighted by atomic mass is 10.1. The summed E-state index contributed by atoms with van der Waals surface area (Å²) in [4.78, 5) is 12.8. The van der Waals surface area contributed by atoms with Crippen molar-refractivity contribution in [2.45, 2.75) is 13.3 Å². The van der Waals surface area contributed by atoms with Crippen LogP contribution in [0.4, 0.5) is 4.39 Å². The average molecular weight is 313 g/mol. The first-order valence-electron chi connectivity index (χ1n) is 5.08. The van der Waals surface area contributed by atoms with Gasteiger partial charge in [0.15, 0.2) is 5.78 Å². The molecule has 0 atom stereocenters. The SMILES string of the molecule is Cc1ccc(C(=O)Cc2cc(Br)cs2)c(F)c1. The molecular weight excluding hydrogens is 303 g/mol. The summed E-state index contributed by atoms with van der Waals surface area (Å²) in [6, 6.07) is 6.57. The van der Waals surface area contributed by atoms with Gasteiger partial charge in [-0.15, -0.1) is 11.3 Å². The van der Waals surface area contributed by atoms with Gasteiger partial charge in [0.2, 0.25) is 0 Å². The van der Waals surface area contributed by atoms with Crippen molar-refractivity contribution < 1.29 is 9.18 Å². The van der Waals surface area contributed by atoms with Crippen molar-refractivity contribution in [3.63, 3.8) is 0 Å². The molecule has 2 aromatic rings. The molecule has 2 rings (SSSR count). The predicted octanol–water partition coefficient (Wildman–Crippen LogP) is 4.38. The van der Waals surface area contributed by atoms with E-state index in [2.05, 4.69) is 15.9 Å². The molecule has 0 spiro atoms. The number of thiophene rings is 1. The van der Waals surface area contributed by atoms with E-state index in [1.807, 2.05) is 11.4 Å². The third kappa shape index (κ3) is 3.01. The number of aryl methyl sites for hydroxylation is 1. The lowest BCUT2D eigenvalue weighted by Crippen LogP contribution is -2.05. The largest absolute Gasteiger partial charge is 0.294 e. The summed E-state index contributed by atoms with van der Waals surface area (Å²) in [5.41, 5.74) is 0.984. The molecule has 0 amide bonds. The molecule has 0 saturated heterocycles. The van der Waals surface area contributed by atoms with Gasteiger partial charge in [0, 0.05) is 21.2 Å². The van der Waals surface area contributed by atoms with E-state index in [1.165, 1.54) is 17.4 Å². The van der Waals surface area contributed by atoms with Gasteiger partial charge in [-0.25, -0.2) is 4.39 Å². The van der Waals surface area contributed by atoms with Crippen molar-refractivity contribution in [3.8, 4) is 0 Å². The number of carbonyl (C=O) groups excluding carboxylic acids is 1. The van der Waals surface area contributed by atoms with Gasteiger partial charge in [0.05, 0.1) is 5.56 Å². The zero-order valence-corrected chi connectivity index (χ0v) is 11.6. The van der Waals surface area contributed by atoms with Crippen LogP contribution in [0.2, 0.25) is 0 Å². The number of rotatable bonds is 3. The highest BCUT2D eigenvalue weighted by atomic mass is 79.9. The smallest absolute Gasteiger partial charge is 0.170 e. The number of carbonyl (C=O) groups is 1. The van der Waals surface area contributed by atoms with Gasteiger partial charge in [-0.1, -0.05) is 6.07 Å². The van der Waals surface area contributed by atoms with Crippen LogP contribution in [0.15, 0.2) is 34.1 Å². The number of hydrogen-bond acceptors (Lipinski definition) is 2. The standard InChI is InChI=1S/C13H10BrFOS/c1-8-2-3-11(12(15)4-8)13(16)6-10-5-9(14)7-17-10/h2-5,7H,6H2,1H3. The van der Waals surface area contributed by atoms with Gasteiger partial charge in [-0.3, -0.25) is 4.79 Å². The number of hydrogen-bond donors (Lipinski definition) is 0. The Morgan fingerprint density at radius 1 is 1.41 bits per heavy atom. The fraction of sp³-hybridized carbons (Fsp3) is 0.154. The normalized spacial score (nSPS) is 10.5. The monoisotopic (exact) mass is 312 g/mol. The Hall–Kier alpha value is -1.00. The van der Waals surface area contributed by atoms with Gasteiger partial charge >= 0.3 is 0 Å². The van der Waals surface area contributed by atoms with E-state index in [1.54, 1.807) is 19.1 Å². The lowest BCUT2D eigenvalue weighted by molar-refractivity contribution is 0.0990. The van der Waals surface area contributed by atoms with Crippen molar-refractivity contribution in [2.75, 3.05) is 0 Å². The van der Waals surface area contributed by atoms with E-state index in [4.69, 9.17) is 0 Å². The highest BCUT2D eigenvalue weighted by Crippen LogP contribution is 2.22. The number of Topliss-reactive ketones (excluding diaryl/α,β-unsaturated/α-hetero) is 1. The van der Waals surface area contributed by atoms with Crippen LogP contribution in [0.25, 0.3) is 0 Å². The molecule has 0 unspecified atom stereocenters. The molecule has 17 heavy (non-hydrogen) atoms. The molecule has 1 nitrogen and oxygen atoms in total. The van der Waals surface area contributed by atoms with Crippen LogP contribution in [0.1, 0.15) is 20.8 Å². The van der Waals surface area contributed by atoms with Gasteiger partial charge in [-0.05, 0) is 46.6 Å². The van der Waals surface area contributed by atoms with E-state index in [9.17, 15) is 9.18 Å². The number of benzene rings is 1. The molecule has 0 aliphatic heterocycles. The van der Waals surface area contributed by atoms with Crippen LogP contribution < -0.4 is 0 Å². The molecule has 0 radical (unpaired) electrons. The second-order valence-corrected chi connectivity index (χ2v) is 5.73. The van der Waals surface area contributed by atoms with Crippen LogP contribution in [-0.2, 0) is 6.42 Å². The summed E-state index contributed by atoms with van der Waals surface area (Å²) < 4.78 is 14.5. The van der Waals surface area contributed by atoms with Crippen molar-refractivity contribution in [1.29, 1.82) is 0 Å². The van der Waals surface area contributed by atoms with E-state index in [0.29, 0.717) is 0 Å². The maximum absolute atomic E-state index is 13.6. The maximum atomic E-state index is 13.6. The first-order valence-corrected chi connectivity index (χ1v) is 6.76. The van der Waals surface area contributed by atoms with E-state index in [0.717, 1.165) is 14.9 Å². The maximum Gasteiger partial charge on any atom is 0.170 e. The van der Waals surface area contributed by atoms with Crippen molar-refractivity contribution in [2.24, 2.45) is 0 Å². The Balaban J connectivity index is 2.20. The minimum atomic E-state index is -0.439. The Morgan fingerprint density at radius 3 is 2.76 bits per heavy atom. The van der Waals surface area contributed by atoms with E-state index < -0.39 is 5.82 Å². The fourth-order valence-electron chi connectivity index (χ4n) is 1.55. The van der Waals surface area contributed by atoms with Crippen LogP contribution >= 0.6 is 27.3 Å². The first-order chi connectivity index (χ1) is 8.06. The van der Waals surface area contributed by atoms with Crippen LogP contribution in [0.5, 0.6) is 0 Å². The quantitative estimate of drug-likeness (QED) is 0.768. The molecule has 4 heteroatoms. The van der Waals surface area contributed by atoms with Gasteiger partial charge in [-0.2, -0.15) is 0 Å². The van der Waals surface area contributed by atoms with Crippen LogP contribution in [0.3, 0.4) is 0 Å². The average Bonchev–Trinajstić information content (AvgIpc) is 2.63. The molecule has 0 saturated carbocycles. The second-order valence-electron chi connectivity index (χ2n) is 3.81. The minimum Gasteiger partial charge on any atom is -0.294 e. The molecule has 0 aliphatic rings. The third-order valence-corrected chi connectivity index (χ3v) is 4.08. The van der Waals surface area contributed by atoms with E-state index in [-0.39, 0.29) is 17.8 Å². The topological polar surface area (TPSA) is 17.1 Å². The molecule has 88 valence electrons. The molecule has 1 aromatic heterocycles. The number of halogens is 2. The summed E-state index contributed by atoms with van der Waals surface area (Å²) in [5.74, 6) is -0.623. The summed E-state index contributed by atoms with van der Waals surface area (Å²) in [6.07, 6.45) is 0.246. The lowest BCUT2D eigenvalue weighted by Gasteiger charge is -2.02. The Labute approximate surface area is 111 Å². The Morgan fingerprint density at radius 2 is 2.18 bits per heavy atom. The summed E-state index contributed by atoms with van der Waals surface area (Å²) in [7, 11) is 0. The van der Waals surface area contributed by atoms with Gasteiger partial charge < -0.3 is 0 Å². The number of ketones is 1. The van der Waals surface area contributed by atoms with Crippen molar-refractivity contribution in [3.05, 3.63) is 55.9 Å². The van der Waals surface area contributed by atoms with E-state index >= 15 is 0 Å². The second kappa shape index (κ2) is 5.10. The molecular formula is C13H10BrFOS. The Kier molecular flexibility index (Phi) is 3.74. The highest BCUT2D eigenvalue weighted by Gasteiger charge is 2.13. The third-order valence-electron chi connectivity index (χ3n) is 2.38. The van der Waals surface area contributed by atoms with Crippen LogP contribution in [0, 0.1) is 12.7 Å². The summed E-state index contributed by atoms with van der Waals surface area (Å²) >= 11 is 4.82. The first kappa shape index (κ1) is 12.5. The molecule has 0 bridgehead atoms. The van der Waals surface area contributed by atoms with Gasteiger partial charge in [0.1, 0.15) is 5.82 Å². The van der Waals surface area contributed by atoms with Crippen molar-refractivity contribution >= 4 is 33.0 Å². The summed E-state index contributed by atoms with van der Waals surface area (Å²) in [6.45, 7) is 1.80. The molecule has 1 aromatic carbocycles. The molecule has 1 heterocycles. The minimum absolute atomic E-state index is 0.167. The zero-order chi connectivity index (χ0) is 12.4. The zero-order valence-electron chi connectivity index (χ0n) is 9.17. The predicted molar refractivity (Wildman–Crippen MR) is 71.2 cm³/mol. The molecule has 0 fully saturated rings. The summed E-state index contributed by atoms with van der Waals surface area (Å²) in [5, 5.41) is 1.91. The fourth-order valence-corrected chi connectivity index (χ4v) is 3.00. The molecule has 0 N–H and O–H groups in total. The molecule has 0 aliphatic carbocycles. The van der Waals surface area contributed by atoms with Crippen LogP contribution in [-0.4, -0.2) is 5.78 Å². The Bertz CT molecular complexity index is 562. The van der Waals surface area contributed by atoms with Gasteiger partial charge in [0.25, 0.3) is 0 Å². The van der Waals surface area contributed by atoms with Crippen molar-refractivity contribution in [1.82, 2.24) is 0 Å².